The quantitative estimate of drug-likeness (QED) is 0.736. The number of hydrogen-bond acceptors (Lipinski definition) is 1. The molecule has 2 aromatic carbocycles. The second-order valence-corrected chi connectivity index (χ2v) is 4.83. The Morgan fingerprint density at radius 2 is 1.83 bits per heavy atom. The number of anilines is 2. The summed E-state index contributed by atoms with van der Waals surface area (Å²) in [4.78, 5) is 1.88. The van der Waals surface area contributed by atoms with Gasteiger partial charge in [-0.25, -0.2) is 4.39 Å². The average Bonchev–Trinajstić information content (AvgIpc) is 2.38. The third-order valence-corrected chi connectivity index (χ3v) is 3.65. The van der Waals surface area contributed by atoms with Gasteiger partial charge in [0.1, 0.15) is 5.82 Å². The molecular formula is C15H15BrFN. The minimum Gasteiger partial charge on any atom is -0.342 e. The number of hydrogen-bond donors (Lipinski definition) is 0. The summed E-state index contributed by atoms with van der Waals surface area (Å²) in [5.74, 6) is -0.197. The van der Waals surface area contributed by atoms with Crippen molar-refractivity contribution in [2.24, 2.45) is 0 Å². The standard InChI is InChI=1S/C15H15BrFN/c1-11-5-3-4-6-14(11)18(2)15-8-7-12(10-16)9-13(15)17/h3-9H,10H2,1-2H3. The summed E-state index contributed by atoms with van der Waals surface area (Å²) in [6.07, 6.45) is 0. The summed E-state index contributed by atoms with van der Waals surface area (Å²) in [6.45, 7) is 2.02. The number of alkyl halides is 1. The molecule has 94 valence electrons. The van der Waals surface area contributed by atoms with E-state index in [0.29, 0.717) is 11.0 Å². The second-order valence-electron chi connectivity index (χ2n) is 4.26. The van der Waals surface area contributed by atoms with Crippen LogP contribution in [-0.4, -0.2) is 7.05 Å². The lowest BCUT2D eigenvalue weighted by Crippen LogP contribution is -2.12. The number of para-hydroxylation sites is 1. The Morgan fingerprint density at radius 1 is 1.11 bits per heavy atom. The molecule has 0 saturated heterocycles. The zero-order valence-corrected chi connectivity index (χ0v) is 12.0. The first kappa shape index (κ1) is 13.1. The molecule has 0 spiro atoms. The van der Waals surface area contributed by atoms with Gasteiger partial charge in [-0.3, -0.25) is 0 Å². The van der Waals surface area contributed by atoms with E-state index >= 15 is 0 Å². The first-order valence-corrected chi connectivity index (χ1v) is 6.89. The fourth-order valence-corrected chi connectivity index (χ4v) is 2.32. The highest BCUT2D eigenvalue weighted by atomic mass is 79.9. The SMILES string of the molecule is Cc1ccccc1N(C)c1ccc(CBr)cc1F. The van der Waals surface area contributed by atoms with Crippen molar-refractivity contribution in [1.29, 1.82) is 0 Å². The molecule has 0 fully saturated rings. The van der Waals surface area contributed by atoms with E-state index in [9.17, 15) is 4.39 Å². The molecule has 0 bridgehead atoms. The summed E-state index contributed by atoms with van der Waals surface area (Å²) in [5.41, 5.74) is 3.68. The van der Waals surface area contributed by atoms with Crippen LogP contribution < -0.4 is 4.90 Å². The van der Waals surface area contributed by atoms with Crippen molar-refractivity contribution >= 4 is 27.3 Å². The van der Waals surface area contributed by atoms with Crippen LogP contribution in [0, 0.1) is 12.7 Å². The number of halogens is 2. The number of rotatable bonds is 3. The summed E-state index contributed by atoms with van der Waals surface area (Å²) in [7, 11) is 1.88. The maximum atomic E-state index is 14.0. The van der Waals surface area contributed by atoms with Crippen LogP contribution in [0.4, 0.5) is 15.8 Å². The topological polar surface area (TPSA) is 3.24 Å². The fraction of sp³-hybridized carbons (Fsp3) is 0.200. The molecule has 1 nitrogen and oxygen atoms in total. The highest BCUT2D eigenvalue weighted by Gasteiger charge is 2.11. The van der Waals surface area contributed by atoms with E-state index in [-0.39, 0.29) is 5.82 Å². The van der Waals surface area contributed by atoms with Gasteiger partial charge in [-0.15, -0.1) is 0 Å². The van der Waals surface area contributed by atoms with Crippen molar-refractivity contribution in [1.82, 2.24) is 0 Å². The van der Waals surface area contributed by atoms with Crippen molar-refractivity contribution in [2.45, 2.75) is 12.3 Å². The first-order valence-electron chi connectivity index (χ1n) is 5.77. The molecule has 0 unspecified atom stereocenters. The van der Waals surface area contributed by atoms with Gasteiger partial charge in [-0.2, -0.15) is 0 Å². The third kappa shape index (κ3) is 2.56. The number of nitrogens with zero attached hydrogens (tertiary/aromatic N) is 1. The van der Waals surface area contributed by atoms with Gasteiger partial charge in [0.05, 0.1) is 5.69 Å². The van der Waals surface area contributed by atoms with E-state index in [1.165, 1.54) is 0 Å². The Kier molecular flexibility index (Phi) is 4.02. The van der Waals surface area contributed by atoms with Crippen LogP contribution in [0.25, 0.3) is 0 Å². The Bertz CT molecular complexity index is 554. The van der Waals surface area contributed by atoms with E-state index in [0.717, 1.165) is 16.8 Å². The molecule has 3 heteroatoms. The van der Waals surface area contributed by atoms with Crippen molar-refractivity contribution in [3.63, 3.8) is 0 Å². The van der Waals surface area contributed by atoms with Crippen molar-refractivity contribution in [3.8, 4) is 0 Å². The highest BCUT2D eigenvalue weighted by molar-refractivity contribution is 9.08. The van der Waals surface area contributed by atoms with Crippen LogP contribution >= 0.6 is 15.9 Å². The molecule has 2 aromatic rings. The van der Waals surface area contributed by atoms with Crippen LogP contribution in [0.15, 0.2) is 42.5 Å². The average molecular weight is 308 g/mol. The van der Waals surface area contributed by atoms with Crippen molar-refractivity contribution in [3.05, 3.63) is 59.4 Å². The molecule has 0 saturated carbocycles. The van der Waals surface area contributed by atoms with Crippen molar-refractivity contribution in [2.75, 3.05) is 11.9 Å². The van der Waals surface area contributed by atoms with E-state index in [1.54, 1.807) is 6.07 Å². The molecule has 0 aliphatic rings. The van der Waals surface area contributed by atoms with E-state index in [4.69, 9.17) is 0 Å². The summed E-state index contributed by atoms with van der Waals surface area (Å²) < 4.78 is 14.0. The van der Waals surface area contributed by atoms with E-state index in [1.807, 2.05) is 55.3 Å². The predicted octanol–water partition coefficient (Wildman–Crippen LogP) is 4.80. The zero-order chi connectivity index (χ0) is 13.1. The Balaban J connectivity index is 2.40. The van der Waals surface area contributed by atoms with Gasteiger partial charge in [-0.05, 0) is 36.2 Å². The number of benzene rings is 2. The number of aryl methyl sites for hydroxylation is 1. The molecule has 2 rings (SSSR count). The molecular weight excluding hydrogens is 293 g/mol. The van der Waals surface area contributed by atoms with Gasteiger partial charge in [0.15, 0.2) is 0 Å². The molecule has 0 amide bonds. The summed E-state index contributed by atoms with van der Waals surface area (Å²) in [5, 5.41) is 0.665. The summed E-state index contributed by atoms with van der Waals surface area (Å²) in [6, 6.07) is 13.3. The maximum absolute atomic E-state index is 14.0. The van der Waals surface area contributed by atoms with Crippen LogP contribution in [0.5, 0.6) is 0 Å². The normalized spacial score (nSPS) is 10.4. The molecule has 18 heavy (non-hydrogen) atoms. The first-order chi connectivity index (χ1) is 8.63. The lowest BCUT2D eigenvalue weighted by molar-refractivity contribution is 0.626. The van der Waals surface area contributed by atoms with Crippen molar-refractivity contribution < 1.29 is 4.39 Å². The zero-order valence-electron chi connectivity index (χ0n) is 10.5. The molecule has 0 aliphatic heterocycles. The van der Waals surface area contributed by atoms with Gasteiger partial charge >= 0.3 is 0 Å². The molecule has 0 N–H and O–H groups in total. The lowest BCUT2D eigenvalue weighted by Gasteiger charge is -2.22. The lowest BCUT2D eigenvalue weighted by atomic mass is 10.1. The largest absolute Gasteiger partial charge is 0.342 e. The predicted molar refractivity (Wildman–Crippen MR) is 78.3 cm³/mol. The van der Waals surface area contributed by atoms with Gasteiger partial charge in [0.25, 0.3) is 0 Å². The van der Waals surface area contributed by atoms with Crippen LogP contribution in [-0.2, 0) is 5.33 Å². The molecule has 0 aromatic heterocycles. The molecule has 0 aliphatic carbocycles. The van der Waals surface area contributed by atoms with Gasteiger partial charge in [0, 0.05) is 18.1 Å². The van der Waals surface area contributed by atoms with Gasteiger partial charge < -0.3 is 4.90 Å². The monoisotopic (exact) mass is 307 g/mol. The van der Waals surface area contributed by atoms with Gasteiger partial charge in [0.2, 0.25) is 0 Å². The molecule has 0 heterocycles. The summed E-state index contributed by atoms with van der Waals surface area (Å²) >= 11 is 3.33. The Labute approximate surface area is 115 Å². The van der Waals surface area contributed by atoms with Crippen LogP contribution in [0.1, 0.15) is 11.1 Å². The fourth-order valence-electron chi connectivity index (χ4n) is 1.98. The molecule has 0 radical (unpaired) electrons. The Morgan fingerprint density at radius 3 is 2.44 bits per heavy atom. The van der Waals surface area contributed by atoms with Gasteiger partial charge in [-0.1, -0.05) is 40.2 Å². The van der Waals surface area contributed by atoms with E-state index in [2.05, 4.69) is 15.9 Å². The Hall–Kier alpha value is -1.35. The maximum Gasteiger partial charge on any atom is 0.147 e. The minimum atomic E-state index is -0.197. The smallest absolute Gasteiger partial charge is 0.147 e. The minimum absolute atomic E-state index is 0.197. The molecule has 0 atom stereocenters. The van der Waals surface area contributed by atoms with Crippen LogP contribution in [0.3, 0.4) is 0 Å². The van der Waals surface area contributed by atoms with Crippen LogP contribution in [0.2, 0.25) is 0 Å². The van der Waals surface area contributed by atoms with E-state index < -0.39 is 0 Å². The third-order valence-electron chi connectivity index (χ3n) is 3.00. The highest BCUT2D eigenvalue weighted by Crippen LogP contribution is 2.29. The second kappa shape index (κ2) is 5.53.